The van der Waals surface area contributed by atoms with Crippen LogP contribution >= 0.6 is 0 Å². The van der Waals surface area contributed by atoms with E-state index in [-0.39, 0.29) is 6.10 Å². The number of rotatable bonds is 3. The van der Waals surface area contributed by atoms with Gasteiger partial charge in [-0.25, -0.2) is 0 Å². The highest BCUT2D eigenvalue weighted by Crippen LogP contribution is 2.39. The van der Waals surface area contributed by atoms with Gasteiger partial charge in [0, 0.05) is 5.56 Å². The number of hydrogen-bond donors (Lipinski definition) is 1. The minimum atomic E-state index is -0.327. The van der Waals surface area contributed by atoms with Crippen LogP contribution in [0.5, 0.6) is 0 Å². The van der Waals surface area contributed by atoms with Gasteiger partial charge >= 0.3 is 0 Å². The summed E-state index contributed by atoms with van der Waals surface area (Å²) in [6.45, 7) is 4.61. The van der Waals surface area contributed by atoms with E-state index in [2.05, 4.69) is 13.8 Å². The first-order valence-electron chi connectivity index (χ1n) is 6.38. The lowest BCUT2D eigenvalue weighted by molar-refractivity contribution is 0.0663. The van der Waals surface area contributed by atoms with Gasteiger partial charge < -0.3 is 9.52 Å². The van der Waals surface area contributed by atoms with Crippen LogP contribution in [0.25, 0.3) is 0 Å². The summed E-state index contributed by atoms with van der Waals surface area (Å²) in [5, 5.41) is 10.2. The van der Waals surface area contributed by atoms with Crippen LogP contribution in [0, 0.1) is 17.8 Å². The fraction of sp³-hybridized carbons (Fsp3) is 0.714. The molecule has 1 unspecified atom stereocenters. The van der Waals surface area contributed by atoms with Crippen LogP contribution in [0.1, 0.15) is 51.2 Å². The Morgan fingerprint density at radius 3 is 2.31 bits per heavy atom. The first-order chi connectivity index (χ1) is 7.68. The van der Waals surface area contributed by atoms with E-state index in [0.717, 1.165) is 30.2 Å². The summed E-state index contributed by atoms with van der Waals surface area (Å²) in [5.74, 6) is 2.06. The first kappa shape index (κ1) is 11.7. The molecule has 1 aromatic rings. The van der Waals surface area contributed by atoms with Crippen LogP contribution in [0.15, 0.2) is 23.0 Å². The van der Waals surface area contributed by atoms with Crippen molar-refractivity contribution in [2.45, 2.75) is 45.6 Å². The van der Waals surface area contributed by atoms with E-state index in [4.69, 9.17) is 4.42 Å². The summed E-state index contributed by atoms with van der Waals surface area (Å²) in [6, 6.07) is 1.87. The normalized spacial score (nSPS) is 28.2. The van der Waals surface area contributed by atoms with Crippen molar-refractivity contribution >= 4 is 0 Å². The molecule has 0 saturated heterocycles. The summed E-state index contributed by atoms with van der Waals surface area (Å²) >= 11 is 0. The molecule has 0 aromatic carbocycles. The van der Waals surface area contributed by atoms with Crippen LogP contribution < -0.4 is 0 Å². The Bertz CT molecular complexity index is 295. The van der Waals surface area contributed by atoms with Crippen molar-refractivity contribution in [1.29, 1.82) is 0 Å². The van der Waals surface area contributed by atoms with E-state index >= 15 is 0 Å². The second kappa shape index (κ2) is 5.05. The van der Waals surface area contributed by atoms with Crippen LogP contribution in [0.3, 0.4) is 0 Å². The SMILES string of the molecule is CC(C)C1CCC(C(O)c2ccoc2)CC1. The number of aliphatic hydroxyl groups is 1. The molecule has 2 nitrogen and oxygen atoms in total. The minimum absolute atomic E-state index is 0.327. The fourth-order valence-corrected chi connectivity index (χ4v) is 2.84. The predicted octanol–water partition coefficient (Wildman–Crippen LogP) is 3.78. The quantitative estimate of drug-likeness (QED) is 0.844. The van der Waals surface area contributed by atoms with Gasteiger partial charge in [-0.05, 0) is 49.5 Å². The Morgan fingerprint density at radius 2 is 1.81 bits per heavy atom. The summed E-state index contributed by atoms with van der Waals surface area (Å²) in [6.07, 6.45) is 7.79. The molecule has 1 aliphatic rings. The summed E-state index contributed by atoms with van der Waals surface area (Å²) in [7, 11) is 0. The highest BCUT2D eigenvalue weighted by molar-refractivity contribution is 5.10. The maximum Gasteiger partial charge on any atom is 0.0960 e. The van der Waals surface area contributed by atoms with E-state index in [0.29, 0.717) is 5.92 Å². The lowest BCUT2D eigenvalue weighted by Crippen LogP contribution is -2.22. The zero-order valence-corrected chi connectivity index (χ0v) is 10.2. The van der Waals surface area contributed by atoms with Gasteiger partial charge in [0.05, 0.1) is 18.6 Å². The van der Waals surface area contributed by atoms with Crippen molar-refractivity contribution in [2.24, 2.45) is 17.8 Å². The van der Waals surface area contributed by atoms with Crippen LogP contribution in [0.4, 0.5) is 0 Å². The van der Waals surface area contributed by atoms with Gasteiger partial charge in [0.15, 0.2) is 0 Å². The molecule has 1 saturated carbocycles. The lowest BCUT2D eigenvalue weighted by atomic mass is 9.74. The van der Waals surface area contributed by atoms with Gasteiger partial charge in [-0.15, -0.1) is 0 Å². The summed E-state index contributed by atoms with van der Waals surface area (Å²) in [5.41, 5.74) is 0.938. The third-order valence-electron chi connectivity index (χ3n) is 4.09. The molecule has 0 aliphatic heterocycles. The molecule has 1 aliphatic carbocycles. The average Bonchev–Trinajstić information content (AvgIpc) is 2.81. The smallest absolute Gasteiger partial charge is 0.0960 e. The van der Waals surface area contributed by atoms with Crippen LogP contribution in [-0.2, 0) is 0 Å². The van der Waals surface area contributed by atoms with E-state index in [1.54, 1.807) is 12.5 Å². The van der Waals surface area contributed by atoms with Crippen LogP contribution in [0.2, 0.25) is 0 Å². The monoisotopic (exact) mass is 222 g/mol. The molecule has 0 spiro atoms. The van der Waals surface area contributed by atoms with Crippen molar-refractivity contribution in [2.75, 3.05) is 0 Å². The molecule has 1 fully saturated rings. The molecule has 1 atom stereocenters. The second-order valence-corrected chi connectivity index (χ2v) is 5.42. The standard InChI is InChI=1S/C14H22O2/c1-10(2)11-3-5-12(6-4-11)14(15)13-7-8-16-9-13/h7-12,14-15H,3-6H2,1-2H3. The van der Waals surface area contributed by atoms with Crippen LogP contribution in [-0.4, -0.2) is 5.11 Å². The zero-order valence-electron chi connectivity index (χ0n) is 10.2. The molecule has 2 rings (SSSR count). The Morgan fingerprint density at radius 1 is 1.19 bits per heavy atom. The largest absolute Gasteiger partial charge is 0.472 e. The molecule has 90 valence electrons. The predicted molar refractivity (Wildman–Crippen MR) is 64.0 cm³/mol. The Labute approximate surface area is 97.7 Å². The maximum absolute atomic E-state index is 10.2. The van der Waals surface area contributed by atoms with Crippen molar-refractivity contribution in [3.63, 3.8) is 0 Å². The van der Waals surface area contributed by atoms with Gasteiger partial charge in [0.1, 0.15) is 0 Å². The average molecular weight is 222 g/mol. The molecular formula is C14H22O2. The van der Waals surface area contributed by atoms with Gasteiger partial charge in [-0.3, -0.25) is 0 Å². The van der Waals surface area contributed by atoms with E-state index < -0.39 is 0 Å². The van der Waals surface area contributed by atoms with Gasteiger partial charge in [-0.1, -0.05) is 13.8 Å². The molecule has 1 N–H and O–H groups in total. The Balaban J connectivity index is 1.89. The van der Waals surface area contributed by atoms with Gasteiger partial charge in [0.2, 0.25) is 0 Å². The highest BCUT2D eigenvalue weighted by atomic mass is 16.3. The van der Waals surface area contributed by atoms with Crippen molar-refractivity contribution in [1.82, 2.24) is 0 Å². The van der Waals surface area contributed by atoms with E-state index in [9.17, 15) is 5.11 Å². The van der Waals surface area contributed by atoms with E-state index in [1.807, 2.05) is 6.07 Å². The maximum atomic E-state index is 10.2. The third-order valence-corrected chi connectivity index (χ3v) is 4.09. The molecule has 0 bridgehead atoms. The number of aliphatic hydroxyl groups excluding tert-OH is 1. The number of furan rings is 1. The van der Waals surface area contributed by atoms with Crippen molar-refractivity contribution in [3.8, 4) is 0 Å². The van der Waals surface area contributed by atoms with Crippen molar-refractivity contribution in [3.05, 3.63) is 24.2 Å². The van der Waals surface area contributed by atoms with E-state index in [1.165, 1.54) is 12.8 Å². The summed E-state index contributed by atoms with van der Waals surface area (Å²) < 4.78 is 5.03. The molecule has 2 heteroatoms. The third kappa shape index (κ3) is 2.49. The minimum Gasteiger partial charge on any atom is -0.472 e. The molecular weight excluding hydrogens is 200 g/mol. The highest BCUT2D eigenvalue weighted by Gasteiger charge is 2.28. The fourth-order valence-electron chi connectivity index (χ4n) is 2.84. The molecule has 0 amide bonds. The number of hydrogen-bond acceptors (Lipinski definition) is 2. The molecule has 16 heavy (non-hydrogen) atoms. The Kier molecular flexibility index (Phi) is 3.70. The zero-order chi connectivity index (χ0) is 11.5. The van der Waals surface area contributed by atoms with Gasteiger partial charge in [0.25, 0.3) is 0 Å². The van der Waals surface area contributed by atoms with Gasteiger partial charge in [-0.2, -0.15) is 0 Å². The first-order valence-corrected chi connectivity index (χ1v) is 6.38. The molecule has 1 aromatic heterocycles. The Hall–Kier alpha value is -0.760. The molecule has 0 radical (unpaired) electrons. The van der Waals surface area contributed by atoms with Crippen molar-refractivity contribution < 1.29 is 9.52 Å². The summed E-state index contributed by atoms with van der Waals surface area (Å²) in [4.78, 5) is 0. The molecule has 1 heterocycles. The second-order valence-electron chi connectivity index (χ2n) is 5.42. The lowest BCUT2D eigenvalue weighted by Gasteiger charge is -2.33. The topological polar surface area (TPSA) is 33.4 Å².